The Morgan fingerprint density at radius 3 is 2.65 bits per heavy atom. The van der Waals surface area contributed by atoms with E-state index in [2.05, 4.69) is 26.2 Å². The average Bonchev–Trinajstić information content (AvgIpc) is 3.27. The van der Waals surface area contributed by atoms with Crippen molar-refractivity contribution in [3.05, 3.63) is 75.0 Å². The third-order valence-electron chi connectivity index (χ3n) is 6.19. The standard InChI is InChI=1S/C24H19BrClN3O7S/c25-14-6-7-15-18(19(14)26)16(9-27-15)36-10-13-11-37(34,35)23-20(22(31)29(23)21(13)24(32)33)28-17(30)8-12-4-2-1-3-5-12/h1-7,9,20,23,27H,8,10-11H2,(H,28,30)(H,32,33). The number of hydrogen-bond donors (Lipinski definition) is 3. The molecule has 0 aliphatic carbocycles. The summed E-state index contributed by atoms with van der Waals surface area (Å²) in [5, 5.41) is 11.7. The Bertz CT molecular complexity index is 1590. The molecule has 3 aromatic rings. The average molecular weight is 609 g/mol. The van der Waals surface area contributed by atoms with Crippen molar-refractivity contribution in [1.29, 1.82) is 0 Å². The van der Waals surface area contributed by atoms with Crippen molar-refractivity contribution in [3.8, 4) is 5.75 Å². The van der Waals surface area contributed by atoms with Crippen molar-refractivity contribution in [2.24, 2.45) is 0 Å². The molecule has 3 N–H and O–H groups in total. The molecule has 1 aromatic heterocycles. The molecule has 2 aliphatic rings. The maximum atomic E-state index is 13.1. The van der Waals surface area contributed by atoms with Gasteiger partial charge in [-0.15, -0.1) is 0 Å². The van der Waals surface area contributed by atoms with Crippen molar-refractivity contribution < 1.29 is 32.6 Å². The Morgan fingerprint density at radius 1 is 1.22 bits per heavy atom. The Hall–Kier alpha value is -3.35. The van der Waals surface area contributed by atoms with Crippen LogP contribution in [0.4, 0.5) is 0 Å². The molecular weight excluding hydrogens is 590 g/mol. The second-order valence-electron chi connectivity index (χ2n) is 8.60. The van der Waals surface area contributed by atoms with Gasteiger partial charge < -0.3 is 20.1 Å². The fourth-order valence-corrected chi connectivity index (χ4v) is 7.14. The number of amides is 2. The zero-order valence-electron chi connectivity index (χ0n) is 18.9. The summed E-state index contributed by atoms with van der Waals surface area (Å²) in [4.78, 5) is 41.2. The zero-order chi connectivity index (χ0) is 26.5. The number of aromatic nitrogens is 1. The highest BCUT2D eigenvalue weighted by atomic mass is 79.9. The van der Waals surface area contributed by atoms with Crippen LogP contribution in [0.1, 0.15) is 5.56 Å². The fourth-order valence-electron chi connectivity index (χ4n) is 4.55. The van der Waals surface area contributed by atoms with Crippen molar-refractivity contribution in [2.45, 2.75) is 17.8 Å². The molecule has 37 heavy (non-hydrogen) atoms. The number of carbonyl (C=O) groups excluding carboxylic acids is 2. The van der Waals surface area contributed by atoms with Gasteiger partial charge in [0.2, 0.25) is 5.91 Å². The van der Waals surface area contributed by atoms with E-state index in [9.17, 15) is 27.9 Å². The topological polar surface area (TPSA) is 146 Å². The lowest BCUT2D eigenvalue weighted by molar-refractivity contribution is -0.151. The number of sulfone groups is 1. The lowest BCUT2D eigenvalue weighted by atomic mass is 10.0. The summed E-state index contributed by atoms with van der Waals surface area (Å²) in [5.74, 6) is -3.19. The monoisotopic (exact) mass is 607 g/mol. The number of fused-ring (bicyclic) bond motifs is 2. The smallest absolute Gasteiger partial charge is 0.352 e. The summed E-state index contributed by atoms with van der Waals surface area (Å²) in [7, 11) is -4.04. The van der Waals surface area contributed by atoms with Gasteiger partial charge in [0.25, 0.3) is 5.91 Å². The number of aliphatic carboxylic acids is 1. The zero-order valence-corrected chi connectivity index (χ0v) is 22.1. The number of β-lactam (4-membered cyclic amide) rings is 1. The highest BCUT2D eigenvalue weighted by Gasteiger charge is 2.60. The molecule has 0 bridgehead atoms. The Labute approximate surface area is 224 Å². The van der Waals surface area contributed by atoms with E-state index in [4.69, 9.17) is 16.3 Å². The number of halogens is 2. The lowest BCUT2D eigenvalue weighted by Crippen LogP contribution is -2.75. The molecule has 13 heteroatoms. The highest BCUT2D eigenvalue weighted by molar-refractivity contribution is 9.10. The van der Waals surface area contributed by atoms with Gasteiger partial charge >= 0.3 is 5.97 Å². The molecule has 1 saturated heterocycles. The van der Waals surface area contributed by atoms with Gasteiger partial charge in [0.1, 0.15) is 24.1 Å². The molecule has 192 valence electrons. The van der Waals surface area contributed by atoms with E-state index < -0.39 is 57.1 Å². The molecular formula is C24H19BrClN3O7S. The number of carboxylic acid groups (broad SMARTS) is 1. The van der Waals surface area contributed by atoms with Crippen LogP contribution < -0.4 is 10.1 Å². The van der Waals surface area contributed by atoms with Crippen LogP contribution in [0.2, 0.25) is 5.02 Å². The summed E-state index contributed by atoms with van der Waals surface area (Å²) < 4.78 is 32.7. The van der Waals surface area contributed by atoms with Gasteiger partial charge in [-0.2, -0.15) is 0 Å². The Morgan fingerprint density at radius 2 is 1.95 bits per heavy atom. The Kier molecular flexibility index (Phi) is 6.50. The van der Waals surface area contributed by atoms with E-state index in [1.165, 1.54) is 6.20 Å². The molecule has 5 rings (SSSR count). The van der Waals surface area contributed by atoms with Crippen LogP contribution in [0.3, 0.4) is 0 Å². The predicted molar refractivity (Wildman–Crippen MR) is 138 cm³/mol. The Balaban J connectivity index is 1.39. The number of aromatic amines is 1. The summed E-state index contributed by atoms with van der Waals surface area (Å²) in [5.41, 5.74) is 0.793. The van der Waals surface area contributed by atoms with E-state index in [1.54, 1.807) is 42.5 Å². The molecule has 2 aliphatic heterocycles. The van der Waals surface area contributed by atoms with Crippen LogP contribution in [0.15, 0.2) is 64.4 Å². The van der Waals surface area contributed by atoms with Crippen LogP contribution in [0.25, 0.3) is 10.9 Å². The molecule has 0 saturated carbocycles. The largest absolute Gasteiger partial charge is 0.487 e. The van der Waals surface area contributed by atoms with Gasteiger partial charge in [0, 0.05) is 16.2 Å². The third kappa shape index (κ3) is 4.49. The first-order valence-electron chi connectivity index (χ1n) is 11.0. The highest BCUT2D eigenvalue weighted by Crippen LogP contribution is 2.39. The number of carbonyl (C=O) groups is 3. The molecule has 1 fully saturated rings. The summed E-state index contributed by atoms with van der Waals surface area (Å²) in [6.45, 7) is -0.405. The summed E-state index contributed by atoms with van der Waals surface area (Å²) >= 11 is 9.70. The molecule has 2 aromatic carbocycles. The number of carboxylic acids is 1. The van der Waals surface area contributed by atoms with E-state index in [0.29, 0.717) is 36.6 Å². The quantitative estimate of drug-likeness (QED) is 0.350. The minimum absolute atomic E-state index is 0.0542. The van der Waals surface area contributed by atoms with Crippen molar-refractivity contribution in [3.63, 3.8) is 0 Å². The SMILES string of the molecule is O=C(Cc1ccccc1)NC1C(=O)N2C(C(=O)O)=C(COc3c[nH]c4ccc(Br)c(Cl)c34)CS(=O)(=O)C12. The van der Waals surface area contributed by atoms with E-state index in [1.807, 2.05) is 0 Å². The van der Waals surface area contributed by atoms with Gasteiger partial charge in [0.15, 0.2) is 15.2 Å². The van der Waals surface area contributed by atoms with Crippen molar-refractivity contribution >= 4 is 66.1 Å². The van der Waals surface area contributed by atoms with Crippen LogP contribution in [0, 0.1) is 0 Å². The van der Waals surface area contributed by atoms with Crippen molar-refractivity contribution in [1.82, 2.24) is 15.2 Å². The second kappa shape index (κ2) is 9.51. The number of nitrogens with zero attached hydrogens (tertiary/aromatic N) is 1. The number of ether oxygens (including phenoxy) is 1. The van der Waals surface area contributed by atoms with Gasteiger partial charge in [-0.1, -0.05) is 41.9 Å². The number of nitrogens with one attached hydrogen (secondary N) is 2. The molecule has 3 heterocycles. The van der Waals surface area contributed by atoms with Gasteiger partial charge in [-0.3, -0.25) is 14.5 Å². The van der Waals surface area contributed by atoms with Gasteiger partial charge in [-0.05, 0) is 33.6 Å². The summed E-state index contributed by atoms with van der Waals surface area (Å²) in [6.07, 6.45) is 1.47. The van der Waals surface area contributed by atoms with Crippen LogP contribution in [0.5, 0.6) is 5.75 Å². The molecule has 2 unspecified atom stereocenters. The molecule has 0 spiro atoms. The first-order chi connectivity index (χ1) is 17.6. The third-order valence-corrected chi connectivity index (χ3v) is 9.44. The van der Waals surface area contributed by atoms with Crippen LogP contribution in [-0.4, -0.2) is 65.0 Å². The number of H-pyrrole nitrogens is 1. The molecule has 2 amide bonds. The fraction of sp³-hybridized carbons (Fsp3) is 0.208. The maximum Gasteiger partial charge on any atom is 0.352 e. The van der Waals surface area contributed by atoms with Crippen LogP contribution in [-0.2, 0) is 30.6 Å². The normalized spacial score (nSPS) is 20.4. The molecule has 0 radical (unpaired) electrons. The predicted octanol–water partition coefficient (Wildman–Crippen LogP) is 2.63. The van der Waals surface area contributed by atoms with Crippen LogP contribution >= 0.6 is 27.5 Å². The molecule has 10 nitrogen and oxygen atoms in total. The lowest BCUT2D eigenvalue weighted by Gasteiger charge is -2.49. The first kappa shape index (κ1) is 25.3. The maximum absolute atomic E-state index is 13.1. The second-order valence-corrected chi connectivity index (χ2v) is 11.9. The van der Waals surface area contributed by atoms with E-state index in [-0.39, 0.29) is 12.0 Å². The molecule has 2 atom stereocenters. The van der Waals surface area contributed by atoms with Crippen molar-refractivity contribution in [2.75, 3.05) is 12.4 Å². The van der Waals surface area contributed by atoms with E-state index in [0.717, 1.165) is 0 Å². The van der Waals surface area contributed by atoms with Gasteiger partial charge in [0.05, 0.1) is 28.1 Å². The first-order valence-corrected chi connectivity index (χ1v) is 13.9. The number of benzene rings is 2. The number of hydrogen-bond acceptors (Lipinski definition) is 6. The minimum Gasteiger partial charge on any atom is -0.487 e. The van der Waals surface area contributed by atoms with E-state index >= 15 is 0 Å². The minimum atomic E-state index is -4.04. The summed E-state index contributed by atoms with van der Waals surface area (Å²) in [6, 6.07) is 10.9. The number of rotatable bonds is 7. The van der Waals surface area contributed by atoms with Gasteiger partial charge in [-0.25, -0.2) is 13.2 Å².